The molecule has 178 valence electrons. The van der Waals surface area contributed by atoms with Gasteiger partial charge in [-0.25, -0.2) is 18.6 Å². The normalized spacial score (nSPS) is 11.2. The van der Waals surface area contributed by atoms with Gasteiger partial charge >= 0.3 is 7.82 Å². The molecule has 3 heterocycles. The molecule has 0 aliphatic rings. The maximum atomic E-state index is 11.0. The number of nitrogens with two attached hydrogens (primary N) is 1. The SMILES string of the molecule is N#Cc1cccc(COc2ccc(Cc3cc(-c4ccc[n+](COP(=O)(O)O)c4N)on3)cc2)n1. The Bertz CT molecular complexity index is 1410. The first-order valence-electron chi connectivity index (χ1n) is 10.3. The van der Waals surface area contributed by atoms with E-state index in [0.717, 1.165) is 5.56 Å². The summed E-state index contributed by atoms with van der Waals surface area (Å²) in [5.74, 6) is 1.29. The number of aromatic nitrogens is 3. The number of phosphoric acid groups is 1. The van der Waals surface area contributed by atoms with Crippen molar-refractivity contribution >= 4 is 13.6 Å². The molecule has 0 atom stereocenters. The molecule has 0 fully saturated rings. The van der Waals surface area contributed by atoms with Crippen LogP contribution in [0.1, 0.15) is 22.6 Å². The Kier molecular flexibility index (Phi) is 7.19. The van der Waals surface area contributed by atoms with Crippen molar-refractivity contribution in [3.05, 3.63) is 89.5 Å². The second-order valence-corrected chi connectivity index (χ2v) is 8.68. The van der Waals surface area contributed by atoms with Crippen LogP contribution in [0, 0.1) is 11.3 Å². The Hall–Kier alpha value is -4.07. The minimum absolute atomic E-state index is 0.208. The van der Waals surface area contributed by atoms with E-state index < -0.39 is 14.6 Å². The van der Waals surface area contributed by atoms with Gasteiger partial charge in [0.2, 0.25) is 6.73 Å². The van der Waals surface area contributed by atoms with E-state index in [4.69, 9.17) is 30.0 Å². The highest BCUT2D eigenvalue weighted by molar-refractivity contribution is 7.46. The quantitative estimate of drug-likeness (QED) is 0.232. The Morgan fingerprint density at radius 2 is 1.91 bits per heavy atom. The molecule has 0 saturated carbocycles. The average molecular weight is 494 g/mol. The van der Waals surface area contributed by atoms with Crippen LogP contribution in [0.3, 0.4) is 0 Å². The van der Waals surface area contributed by atoms with E-state index in [9.17, 15) is 4.57 Å². The zero-order valence-electron chi connectivity index (χ0n) is 18.3. The summed E-state index contributed by atoms with van der Waals surface area (Å²) in [6.07, 6.45) is 2.04. The number of ether oxygens (including phenoxy) is 1. The van der Waals surface area contributed by atoms with Gasteiger partial charge in [0.05, 0.1) is 17.6 Å². The molecule has 11 nitrogen and oxygen atoms in total. The van der Waals surface area contributed by atoms with Crippen molar-refractivity contribution in [3.63, 3.8) is 0 Å². The molecule has 3 aromatic heterocycles. The highest BCUT2D eigenvalue weighted by Crippen LogP contribution is 2.35. The molecule has 12 heteroatoms. The minimum Gasteiger partial charge on any atom is -0.487 e. The topological polar surface area (TPSA) is 169 Å². The van der Waals surface area contributed by atoms with Crippen LogP contribution in [0.2, 0.25) is 0 Å². The van der Waals surface area contributed by atoms with Gasteiger partial charge in [-0.1, -0.05) is 23.4 Å². The molecule has 0 aliphatic carbocycles. The summed E-state index contributed by atoms with van der Waals surface area (Å²) >= 11 is 0. The van der Waals surface area contributed by atoms with Gasteiger partial charge in [0.1, 0.15) is 29.7 Å². The molecule has 35 heavy (non-hydrogen) atoms. The number of phosphoric ester groups is 1. The summed E-state index contributed by atoms with van der Waals surface area (Å²) in [5.41, 5.74) is 9.29. The van der Waals surface area contributed by atoms with Gasteiger partial charge in [0.25, 0.3) is 5.82 Å². The van der Waals surface area contributed by atoms with E-state index in [2.05, 4.69) is 14.7 Å². The summed E-state index contributed by atoms with van der Waals surface area (Å²) in [4.78, 5) is 22.0. The lowest BCUT2D eigenvalue weighted by Gasteiger charge is -2.07. The van der Waals surface area contributed by atoms with E-state index in [1.807, 2.05) is 30.3 Å². The van der Waals surface area contributed by atoms with Crippen LogP contribution in [-0.2, 0) is 28.8 Å². The summed E-state index contributed by atoms with van der Waals surface area (Å²) in [6, 6.07) is 19.8. The highest BCUT2D eigenvalue weighted by atomic mass is 31.2. The molecule has 0 bridgehead atoms. The summed E-state index contributed by atoms with van der Waals surface area (Å²) in [5, 5.41) is 13.0. The zero-order valence-corrected chi connectivity index (χ0v) is 19.2. The minimum atomic E-state index is -4.64. The van der Waals surface area contributed by atoms with Crippen LogP contribution in [0.4, 0.5) is 5.82 Å². The van der Waals surface area contributed by atoms with Crippen molar-refractivity contribution in [1.29, 1.82) is 5.26 Å². The van der Waals surface area contributed by atoms with Gasteiger partial charge in [0.15, 0.2) is 5.76 Å². The predicted molar refractivity (Wildman–Crippen MR) is 122 cm³/mol. The predicted octanol–water partition coefficient (Wildman–Crippen LogP) is 2.71. The molecule has 0 saturated heterocycles. The maximum Gasteiger partial charge on any atom is 0.472 e. The molecule has 0 spiro atoms. The van der Waals surface area contributed by atoms with Gasteiger partial charge in [0, 0.05) is 12.5 Å². The number of pyridine rings is 2. The Morgan fingerprint density at radius 3 is 2.66 bits per heavy atom. The Labute approximate surface area is 200 Å². The van der Waals surface area contributed by atoms with E-state index in [-0.39, 0.29) is 12.4 Å². The number of anilines is 1. The number of rotatable bonds is 9. The number of benzene rings is 1. The first kappa shape index (κ1) is 24.1. The van der Waals surface area contributed by atoms with Gasteiger partial charge in [-0.3, -0.25) is 5.73 Å². The molecule has 0 aliphatic heterocycles. The van der Waals surface area contributed by atoms with Crippen molar-refractivity contribution in [2.45, 2.75) is 19.8 Å². The third-order valence-corrected chi connectivity index (χ3v) is 5.37. The van der Waals surface area contributed by atoms with Crippen LogP contribution < -0.4 is 15.0 Å². The fourth-order valence-electron chi connectivity index (χ4n) is 3.24. The molecule has 0 amide bonds. The van der Waals surface area contributed by atoms with Crippen LogP contribution in [0.5, 0.6) is 5.75 Å². The third-order valence-electron chi connectivity index (χ3n) is 4.92. The fourth-order valence-corrected chi connectivity index (χ4v) is 3.51. The Balaban J connectivity index is 1.39. The van der Waals surface area contributed by atoms with E-state index >= 15 is 0 Å². The lowest BCUT2D eigenvalue weighted by Crippen LogP contribution is -2.38. The zero-order chi connectivity index (χ0) is 24.8. The fraction of sp³-hybridized carbons (Fsp3) is 0.130. The lowest BCUT2D eigenvalue weighted by atomic mass is 10.1. The standard InChI is InChI=1S/C23H20N5O6P/c24-13-17-3-1-4-18(26-17)14-32-20-8-6-16(7-9-20)11-19-12-22(34-27-19)21-5-2-10-28(23(21)25)15-33-35(29,30)31/h1-10,12,25H,11,14-15H2,(H2,29,30,31)/p+1. The summed E-state index contributed by atoms with van der Waals surface area (Å²) in [6.45, 7) is -0.168. The second kappa shape index (κ2) is 10.5. The Morgan fingerprint density at radius 1 is 1.11 bits per heavy atom. The molecule has 4 aromatic rings. The molecule has 1 aromatic carbocycles. The smallest absolute Gasteiger partial charge is 0.472 e. The van der Waals surface area contributed by atoms with Crippen molar-refractivity contribution in [2.24, 2.45) is 0 Å². The maximum absolute atomic E-state index is 11.0. The average Bonchev–Trinajstić information content (AvgIpc) is 3.30. The largest absolute Gasteiger partial charge is 0.487 e. The second-order valence-electron chi connectivity index (χ2n) is 7.44. The van der Waals surface area contributed by atoms with Gasteiger partial charge < -0.3 is 19.0 Å². The first-order valence-corrected chi connectivity index (χ1v) is 11.9. The monoisotopic (exact) mass is 494 g/mol. The molecular formula is C23H21N5O6P+. The number of nitrogen functional groups attached to an aromatic ring is 1. The number of hydrogen-bond donors (Lipinski definition) is 3. The van der Waals surface area contributed by atoms with Crippen LogP contribution in [0.25, 0.3) is 11.3 Å². The molecule has 0 unspecified atom stereocenters. The van der Waals surface area contributed by atoms with E-state index in [1.165, 1.54) is 10.8 Å². The molecule has 4 rings (SSSR count). The van der Waals surface area contributed by atoms with Crippen molar-refractivity contribution in [2.75, 3.05) is 5.73 Å². The molecular weight excluding hydrogens is 473 g/mol. The van der Waals surface area contributed by atoms with Gasteiger partial charge in [-0.05, 0) is 42.0 Å². The highest BCUT2D eigenvalue weighted by Gasteiger charge is 2.20. The number of nitriles is 1. The van der Waals surface area contributed by atoms with Gasteiger partial charge in [-0.2, -0.15) is 5.26 Å². The van der Waals surface area contributed by atoms with Crippen LogP contribution in [-0.4, -0.2) is 19.9 Å². The molecule has 4 N–H and O–H groups in total. The van der Waals surface area contributed by atoms with Crippen molar-refractivity contribution in [1.82, 2.24) is 10.1 Å². The number of nitrogens with zero attached hydrogens (tertiary/aromatic N) is 4. The lowest BCUT2D eigenvalue weighted by molar-refractivity contribution is -0.711. The van der Waals surface area contributed by atoms with Crippen LogP contribution in [0.15, 0.2) is 71.4 Å². The van der Waals surface area contributed by atoms with Gasteiger partial charge in [-0.15, -0.1) is 0 Å². The van der Waals surface area contributed by atoms with Crippen LogP contribution >= 0.6 is 7.82 Å². The summed E-state index contributed by atoms with van der Waals surface area (Å²) < 4.78 is 28.0. The summed E-state index contributed by atoms with van der Waals surface area (Å²) in [7, 11) is -4.64. The van der Waals surface area contributed by atoms with E-state index in [0.29, 0.717) is 40.6 Å². The first-order chi connectivity index (χ1) is 16.8. The van der Waals surface area contributed by atoms with E-state index in [1.54, 1.807) is 36.4 Å². The third kappa shape index (κ3) is 6.50. The van der Waals surface area contributed by atoms with Crippen molar-refractivity contribution in [3.8, 4) is 23.1 Å². The molecule has 0 radical (unpaired) electrons. The number of hydrogen-bond acceptors (Lipinski definition) is 8. The van der Waals surface area contributed by atoms with Crippen molar-refractivity contribution < 1.29 is 32.7 Å².